The second kappa shape index (κ2) is 4.97. The monoisotopic (exact) mass is 258 g/mol. The fourth-order valence-corrected chi connectivity index (χ4v) is 2.33. The van der Waals surface area contributed by atoms with E-state index >= 15 is 0 Å². The van der Waals surface area contributed by atoms with E-state index in [1.165, 1.54) is 6.42 Å². The number of hydrogen-bond donors (Lipinski definition) is 3. The molecular formula is C13H18N6. The lowest BCUT2D eigenvalue weighted by Crippen LogP contribution is -2.16. The van der Waals surface area contributed by atoms with Crippen LogP contribution in [0.4, 0.5) is 11.6 Å². The summed E-state index contributed by atoms with van der Waals surface area (Å²) in [5, 5.41) is 13.7. The molecule has 1 aliphatic rings. The predicted molar refractivity (Wildman–Crippen MR) is 73.4 cm³/mol. The van der Waals surface area contributed by atoms with Gasteiger partial charge in [0.15, 0.2) is 5.82 Å². The second-order valence-corrected chi connectivity index (χ2v) is 4.96. The average Bonchev–Trinajstić information content (AvgIpc) is 3.00. The van der Waals surface area contributed by atoms with Crippen molar-refractivity contribution in [3.05, 3.63) is 29.3 Å². The third-order valence-corrected chi connectivity index (χ3v) is 3.21. The van der Waals surface area contributed by atoms with E-state index in [2.05, 4.69) is 30.8 Å². The molecule has 1 aliphatic heterocycles. The number of aromatic amines is 1. The Labute approximate surface area is 112 Å². The van der Waals surface area contributed by atoms with Gasteiger partial charge in [0.1, 0.15) is 11.6 Å². The van der Waals surface area contributed by atoms with E-state index in [1.807, 2.05) is 26.0 Å². The number of aryl methyl sites for hydroxylation is 2. The van der Waals surface area contributed by atoms with Crippen LogP contribution in [0.3, 0.4) is 0 Å². The van der Waals surface area contributed by atoms with E-state index in [-0.39, 0.29) is 6.04 Å². The molecule has 0 spiro atoms. The Bertz CT molecular complexity index is 570. The minimum Gasteiger partial charge on any atom is -0.323 e. The summed E-state index contributed by atoms with van der Waals surface area (Å²) < 4.78 is 0. The van der Waals surface area contributed by atoms with Gasteiger partial charge in [-0.2, -0.15) is 5.10 Å². The summed E-state index contributed by atoms with van der Waals surface area (Å²) in [6.07, 6.45) is 2.29. The molecule has 0 bridgehead atoms. The number of H-pyrrole nitrogens is 1. The molecule has 6 heteroatoms. The van der Waals surface area contributed by atoms with Crippen LogP contribution in [0, 0.1) is 13.8 Å². The lowest BCUT2D eigenvalue weighted by Gasteiger charge is -2.11. The number of nitrogens with one attached hydrogen (secondary N) is 3. The Hall–Kier alpha value is -1.95. The standard InChI is InChI=1S/C13H18N6/c1-8-6-11(16-12-7-9(2)18-19-12)17-13(15-8)10-4-3-5-14-10/h6-7,10,14H,3-5H2,1-2H3,(H2,15,16,17,18,19). The first-order valence-corrected chi connectivity index (χ1v) is 6.59. The topological polar surface area (TPSA) is 78.5 Å². The number of aromatic nitrogens is 4. The second-order valence-electron chi connectivity index (χ2n) is 4.96. The van der Waals surface area contributed by atoms with Crippen molar-refractivity contribution in [1.82, 2.24) is 25.5 Å². The molecule has 0 aliphatic carbocycles. The molecule has 1 fully saturated rings. The van der Waals surface area contributed by atoms with Gasteiger partial charge in [-0.25, -0.2) is 9.97 Å². The minimum absolute atomic E-state index is 0.279. The first-order valence-electron chi connectivity index (χ1n) is 6.59. The summed E-state index contributed by atoms with van der Waals surface area (Å²) >= 11 is 0. The summed E-state index contributed by atoms with van der Waals surface area (Å²) in [6, 6.07) is 4.16. The summed E-state index contributed by atoms with van der Waals surface area (Å²) in [6.45, 7) is 5.00. The Morgan fingerprint density at radius 2 is 2.11 bits per heavy atom. The van der Waals surface area contributed by atoms with Crippen molar-refractivity contribution in [2.75, 3.05) is 11.9 Å². The molecule has 1 atom stereocenters. The van der Waals surface area contributed by atoms with Crippen LogP contribution in [-0.4, -0.2) is 26.7 Å². The van der Waals surface area contributed by atoms with Crippen LogP contribution in [0.1, 0.15) is 36.1 Å². The highest BCUT2D eigenvalue weighted by Gasteiger charge is 2.19. The fraction of sp³-hybridized carbons (Fsp3) is 0.462. The zero-order valence-electron chi connectivity index (χ0n) is 11.2. The number of anilines is 2. The van der Waals surface area contributed by atoms with Gasteiger partial charge in [0.25, 0.3) is 0 Å². The number of nitrogens with zero attached hydrogens (tertiary/aromatic N) is 3. The van der Waals surface area contributed by atoms with Crippen LogP contribution >= 0.6 is 0 Å². The maximum atomic E-state index is 4.58. The molecule has 1 unspecified atom stereocenters. The SMILES string of the molecule is Cc1cc(Nc2cc(C)[nH]n2)nc(C2CCCN2)n1. The van der Waals surface area contributed by atoms with Gasteiger partial charge >= 0.3 is 0 Å². The summed E-state index contributed by atoms with van der Waals surface area (Å²) in [4.78, 5) is 9.10. The maximum absolute atomic E-state index is 4.58. The molecule has 0 saturated carbocycles. The van der Waals surface area contributed by atoms with Crippen molar-refractivity contribution in [3.8, 4) is 0 Å². The molecule has 19 heavy (non-hydrogen) atoms. The summed E-state index contributed by atoms with van der Waals surface area (Å²) in [5.41, 5.74) is 1.99. The molecule has 3 N–H and O–H groups in total. The van der Waals surface area contributed by atoms with E-state index < -0.39 is 0 Å². The Balaban J connectivity index is 1.84. The molecule has 3 rings (SSSR count). The first kappa shape index (κ1) is 12.1. The fourth-order valence-electron chi connectivity index (χ4n) is 2.33. The van der Waals surface area contributed by atoms with Gasteiger partial charge in [-0.3, -0.25) is 5.10 Å². The van der Waals surface area contributed by atoms with Crippen LogP contribution in [0.2, 0.25) is 0 Å². The van der Waals surface area contributed by atoms with Crippen LogP contribution in [0.15, 0.2) is 12.1 Å². The molecule has 100 valence electrons. The lowest BCUT2D eigenvalue weighted by atomic mass is 10.2. The van der Waals surface area contributed by atoms with E-state index in [1.54, 1.807) is 0 Å². The van der Waals surface area contributed by atoms with Crippen molar-refractivity contribution in [1.29, 1.82) is 0 Å². The van der Waals surface area contributed by atoms with Crippen molar-refractivity contribution in [3.63, 3.8) is 0 Å². The maximum Gasteiger partial charge on any atom is 0.153 e. The average molecular weight is 258 g/mol. The van der Waals surface area contributed by atoms with Crippen LogP contribution in [-0.2, 0) is 0 Å². The van der Waals surface area contributed by atoms with Crippen LogP contribution in [0.5, 0.6) is 0 Å². The predicted octanol–water partition coefficient (Wildman–Crippen LogP) is 1.98. The van der Waals surface area contributed by atoms with E-state index in [0.29, 0.717) is 0 Å². The van der Waals surface area contributed by atoms with Gasteiger partial charge in [-0.15, -0.1) is 0 Å². The Morgan fingerprint density at radius 3 is 2.79 bits per heavy atom. The van der Waals surface area contributed by atoms with Gasteiger partial charge in [-0.05, 0) is 33.2 Å². The van der Waals surface area contributed by atoms with Crippen LogP contribution in [0.25, 0.3) is 0 Å². The smallest absolute Gasteiger partial charge is 0.153 e. The number of rotatable bonds is 3. The highest BCUT2D eigenvalue weighted by Crippen LogP contribution is 2.22. The van der Waals surface area contributed by atoms with Crippen molar-refractivity contribution in [2.24, 2.45) is 0 Å². The summed E-state index contributed by atoms with van der Waals surface area (Å²) in [5.74, 6) is 2.44. The van der Waals surface area contributed by atoms with Crippen LogP contribution < -0.4 is 10.6 Å². The normalized spacial score (nSPS) is 18.7. The highest BCUT2D eigenvalue weighted by atomic mass is 15.2. The van der Waals surface area contributed by atoms with E-state index in [4.69, 9.17) is 0 Å². The molecule has 2 aromatic rings. The molecular weight excluding hydrogens is 240 g/mol. The third-order valence-electron chi connectivity index (χ3n) is 3.21. The van der Waals surface area contributed by atoms with Gasteiger partial charge in [0, 0.05) is 23.5 Å². The largest absolute Gasteiger partial charge is 0.323 e. The lowest BCUT2D eigenvalue weighted by molar-refractivity contribution is 0.603. The molecule has 6 nitrogen and oxygen atoms in total. The van der Waals surface area contributed by atoms with Gasteiger partial charge in [0.05, 0.1) is 6.04 Å². The van der Waals surface area contributed by atoms with Crippen molar-refractivity contribution >= 4 is 11.6 Å². The van der Waals surface area contributed by atoms with Crippen molar-refractivity contribution < 1.29 is 0 Å². The Kier molecular flexibility index (Phi) is 3.16. The summed E-state index contributed by atoms with van der Waals surface area (Å²) in [7, 11) is 0. The molecule has 1 saturated heterocycles. The highest BCUT2D eigenvalue weighted by molar-refractivity contribution is 5.52. The van der Waals surface area contributed by atoms with Crippen molar-refractivity contribution in [2.45, 2.75) is 32.7 Å². The molecule has 2 aromatic heterocycles. The zero-order chi connectivity index (χ0) is 13.2. The Morgan fingerprint density at radius 1 is 1.21 bits per heavy atom. The first-order chi connectivity index (χ1) is 9.20. The molecule has 0 amide bonds. The third kappa shape index (κ3) is 2.73. The van der Waals surface area contributed by atoms with Gasteiger partial charge in [-0.1, -0.05) is 0 Å². The van der Waals surface area contributed by atoms with Gasteiger partial charge in [0.2, 0.25) is 0 Å². The molecule has 3 heterocycles. The zero-order valence-corrected chi connectivity index (χ0v) is 11.2. The quantitative estimate of drug-likeness (QED) is 0.784. The molecule has 0 aromatic carbocycles. The van der Waals surface area contributed by atoms with Gasteiger partial charge < -0.3 is 10.6 Å². The van der Waals surface area contributed by atoms with E-state index in [9.17, 15) is 0 Å². The minimum atomic E-state index is 0.279. The van der Waals surface area contributed by atoms with E-state index in [0.717, 1.165) is 41.8 Å². The molecule has 0 radical (unpaired) electrons. The number of hydrogen-bond acceptors (Lipinski definition) is 5.